The summed E-state index contributed by atoms with van der Waals surface area (Å²) in [6.45, 7) is 6.16. The van der Waals surface area contributed by atoms with Crippen LogP contribution in [0.3, 0.4) is 0 Å². The van der Waals surface area contributed by atoms with Crippen LogP contribution in [0.15, 0.2) is 115 Å². The summed E-state index contributed by atoms with van der Waals surface area (Å²) in [6, 6.07) is 28.5. The molecular formula is C65H78N4O7. The molecule has 3 heterocycles. The number of aromatic amines is 1. The Balaban J connectivity index is 1.10. The van der Waals surface area contributed by atoms with Gasteiger partial charge >= 0.3 is 0 Å². The van der Waals surface area contributed by atoms with Crippen LogP contribution in [0, 0.1) is 41.4 Å². The number of ether oxygens (including phenoxy) is 1. The fraction of sp³-hybridized carbons (Fsp3) is 0.477. The number of aromatic nitrogens is 1. The smallest absolute Gasteiger partial charge is 0.173 e. The van der Waals surface area contributed by atoms with E-state index in [1.807, 2.05) is 30.3 Å². The monoisotopic (exact) mass is 1030 g/mol. The summed E-state index contributed by atoms with van der Waals surface area (Å²) in [5.74, 6) is 5.58. The van der Waals surface area contributed by atoms with Gasteiger partial charge < -0.3 is 46.1 Å². The van der Waals surface area contributed by atoms with Crippen LogP contribution in [-0.2, 0) is 27.8 Å². The molecule has 1 aromatic heterocycles. The number of benzene rings is 4. The number of hydrogen-bond donors (Lipinski definition) is 8. The van der Waals surface area contributed by atoms with Crippen LogP contribution in [-0.4, -0.2) is 82.0 Å². The second kappa shape index (κ2) is 23.6. The van der Waals surface area contributed by atoms with E-state index in [9.17, 15) is 25.2 Å². The third-order valence-electron chi connectivity index (χ3n) is 17.9. The number of phenolic OH excluding ortho intramolecular Hbond substituents is 1. The van der Waals surface area contributed by atoms with Crippen molar-refractivity contribution in [3.05, 3.63) is 148 Å². The molecule has 0 amide bonds. The van der Waals surface area contributed by atoms with Crippen molar-refractivity contribution < 1.29 is 34.8 Å². The number of aliphatic hydroxyl groups is 3. The van der Waals surface area contributed by atoms with E-state index in [1.165, 1.54) is 7.11 Å². The van der Waals surface area contributed by atoms with Gasteiger partial charge in [0.05, 0.1) is 25.2 Å². The summed E-state index contributed by atoms with van der Waals surface area (Å²) in [7, 11) is 1.49. The molecule has 9 bridgehead atoms. The van der Waals surface area contributed by atoms with Crippen LogP contribution in [0.1, 0.15) is 136 Å². The average Bonchev–Trinajstić information content (AvgIpc) is 3.89. The van der Waals surface area contributed by atoms with Crippen LogP contribution in [0.4, 0.5) is 5.69 Å². The first-order valence-electron chi connectivity index (χ1n) is 28.3. The highest BCUT2D eigenvalue weighted by molar-refractivity contribution is 6.06. The minimum Gasteiger partial charge on any atom is -0.504 e. The maximum absolute atomic E-state index is 15.2. The maximum atomic E-state index is 15.2. The summed E-state index contributed by atoms with van der Waals surface area (Å²) in [5.41, 5.74) is 7.30. The second-order valence-corrected chi connectivity index (χ2v) is 23.0. The Morgan fingerprint density at radius 2 is 1.64 bits per heavy atom. The van der Waals surface area contributed by atoms with E-state index in [4.69, 9.17) is 4.74 Å². The number of aryl methyl sites for hydroxylation is 1. The van der Waals surface area contributed by atoms with Crippen molar-refractivity contribution in [2.75, 3.05) is 32.1 Å². The molecule has 4 aromatic carbocycles. The molecule has 11 heteroatoms. The Labute approximate surface area is 449 Å². The topological polar surface area (TPSA) is 176 Å². The van der Waals surface area contributed by atoms with E-state index >= 15 is 4.79 Å². The van der Waals surface area contributed by atoms with Gasteiger partial charge in [0.2, 0.25) is 0 Å². The number of methoxy groups -OCH3 is 1. The fourth-order valence-corrected chi connectivity index (χ4v) is 13.8. The predicted octanol–water partition coefficient (Wildman–Crippen LogP) is 10.3. The number of H-pyrrole nitrogens is 1. The van der Waals surface area contributed by atoms with Crippen molar-refractivity contribution in [2.24, 2.45) is 29.6 Å². The molecular weight excluding hydrogens is 949 g/mol. The predicted molar refractivity (Wildman–Crippen MR) is 300 cm³/mol. The Morgan fingerprint density at radius 1 is 0.829 bits per heavy atom. The molecule has 8 N–H and O–H groups in total. The number of aliphatic hydroxyl groups excluding tert-OH is 3. The van der Waals surface area contributed by atoms with Gasteiger partial charge in [0.25, 0.3) is 0 Å². The van der Waals surface area contributed by atoms with Crippen molar-refractivity contribution in [3.63, 3.8) is 0 Å². The van der Waals surface area contributed by atoms with Crippen LogP contribution >= 0.6 is 0 Å². The van der Waals surface area contributed by atoms with Crippen LogP contribution in [0.2, 0.25) is 0 Å². The third kappa shape index (κ3) is 11.6. The number of anilines is 1. The van der Waals surface area contributed by atoms with Crippen LogP contribution in [0.5, 0.6) is 11.5 Å². The van der Waals surface area contributed by atoms with Gasteiger partial charge in [0.1, 0.15) is 5.82 Å². The molecule has 2 fully saturated rings. The number of rotatable bonds is 4. The Morgan fingerprint density at radius 3 is 2.45 bits per heavy atom. The largest absolute Gasteiger partial charge is 0.504 e. The summed E-state index contributed by atoms with van der Waals surface area (Å²) in [4.78, 5) is 33.2. The van der Waals surface area contributed by atoms with E-state index in [0.717, 1.165) is 113 Å². The number of carbonyl (C=O) groups excluding carboxylic acids is 2. The quantitative estimate of drug-likeness (QED) is 0.0639. The highest BCUT2D eigenvalue weighted by atomic mass is 16.5. The van der Waals surface area contributed by atoms with E-state index < -0.39 is 53.0 Å². The fourth-order valence-electron chi connectivity index (χ4n) is 13.8. The van der Waals surface area contributed by atoms with Gasteiger partial charge in [-0.2, -0.15) is 0 Å². The minimum atomic E-state index is -1.82. The first-order chi connectivity index (χ1) is 36.9. The lowest BCUT2D eigenvalue weighted by Crippen LogP contribution is -2.48. The minimum absolute atomic E-state index is 0.0288. The number of dihydropyridines is 1. The lowest BCUT2D eigenvalue weighted by Gasteiger charge is -2.46. The molecule has 76 heavy (non-hydrogen) atoms. The first kappa shape index (κ1) is 53.2. The molecule has 5 aliphatic rings. The van der Waals surface area contributed by atoms with Gasteiger partial charge in [-0.3, -0.25) is 9.59 Å². The van der Waals surface area contributed by atoms with Crippen molar-refractivity contribution in [3.8, 4) is 23.3 Å². The highest BCUT2D eigenvalue weighted by Crippen LogP contribution is 2.51. The number of nitrogens with one attached hydrogen (secondary N) is 4. The van der Waals surface area contributed by atoms with Crippen LogP contribution in [0.25, 0.3) is 10.8 Å². The van der Waals surface area contributed by atoms with Crippen LogP contribution < -0.4 is 20.7 Å². The number of fused-ring (bicyclic) bond motifs is 10. The normalized spacial score (nSPS) is 28.5. The van der Waals surface area contributed by atoms with Gasteiger partial charge in [-0.05, 0) is 162 Å². The molecule has 0 saturated heterocycles. The molecule has 0 radical (unpaired) electrons. The summed E-state index contributed by atoms with van der Waals surface area (Å²) in [5, 5.41) is 61.0. The second-order valence-electron chi connectivity index (χ2n) is 23.0. The molecule has 11 nitrogen and oxygen atoms in total. The lowest BCUT2D eigenvalue weighted by atomic mass is 9.61. The molecule has 5 aromatic rings. The van der Waals surface area contributed by atoms with E-state index in [2.05, 4.69) is 107 Å². The molecule has 10 atom stereocenters. The first-order valence-corrected chi connectivity index (χ1v) is 28.3. The lowest BCUT2D eigenvalue weighted by molar-refractivity contribution is -0.142. The Kier molecular flexibility index (Phi) is 16.5. The number of ketones is 2. The van der Waals surface area contributed by atoms with Gasteiger partial charge in [0, 0.05) is 60.9 Å². The third-order valence-corrected chi connectivity index (χ3v) is 17.9. The molecule has 1 spiro atoms. The van der Waals surface area contributed by atoms with Gasteiger partial charge in [-0.1, -0.05) is 112 Å². The molecule has 2 saturated carbocycles. The Hall–Kier alpha value is -6.16. The zero-order chi connectivity index (χ0) is 52.9. The number of hydrogen-bond acceptors (Lipinski definition) is 10. The molecule has 10 unspecified atom stereocenters. The van der Waals surface area contributed by atoms with E-state index in [-0.39, 0.29) is 48.0 Å². The Bertz CT molecular complexity index is 3000. The number of aromatic hydroxyl groups is 1. The molecule has 10 rings (SSSR count). The summed E-state index contributed by atoms with van der Waals surface area (Å²) >= 11 is 0. The zero-order valence-electron chi connectivity index (χ0n) is 44.6. The standard InChI is InChI=1S/C65H78N4O7/c1-4-11-54-49-29-43(28-46-17-20-53(45-12-7-5-8-13-45)55-36-58(72)59(76-3)34-47(55)18-21-57(71)63(74)62(73)56(46)33-49)26-42-22-25-67-61(31-42)69-51-19-16-44-15-14-41(27-48(44)32-51)30-52(70)39-66-37-40(2)50-35-60(68-38-50)65(64(54)75)23-9-6-10-24-65/h5,7-8,12-16,19,22,27,31-32,34-36,38,40,43,46,49,52-54,56,63-64,66-70,72,74-75H,4,6,9-11,18,21,23-26,28-30,33,37,39H2,1-3H3. The van der Waals surface area contributed by atoms with Gasteiger partial charge in [0.15, 0.2) is 29.2 Å². The highest BCUT2D eigenvalue weighted by Gasteiger charge is 2.50. The molecule has 2 aliphatic heterocycles. The molecule has 3 aliphatic carbocycles. The number of carbonyl (C=O) groups is 2. The van der Waals surface area contributed by atoms with Gasteiger partial charge in [-0.15, -0.1) is 0 Å². The maximum Gasteiger partial charge on any atom is 0.173 e. The molecule has 400 valence electrons. The number of phenols is 1. The number of β-amino-alcohol motifs (C(OH)–C–C–N with tert-alkyl or cyclic N) is 1. The zero-order valence-corrected chi connectivity index (χ0v) is 44.6. The number of Topliss-reactive ketones (excluding diaryl/α,β-unsaturated/α-hetero) is 2. The van der Waals surface area contributed by atoms with Crippen molar-refractivity contribution in [1.82, 2.24) is 15.6 Å². The summed E-state index contributed by atoms with van der Waals surface area (Å²) < 4.78 is 5.55. The van der Waals surface area contributed by atoms with Gasteiger partial charge in [-0.25, -0.2) is 0 Å². The summed E-state index contributed by atoms with van der Waals surface area (Å²) in [6.07, 6.45) is 12.9. The van der Waals surface area contributed by atoms with Crippen molar-refractivity contribution in [1.29, 1.82) is 0 Å². The average molecular weight is 1030 g/mol. The SMILES string of the molecule is CCCC1C2CC(CC3=CCNC(=C3)Nc3ccc4ccc(cc4c3)CC(O)CNCC(C)c3c[nH]c(c3)C3(CCCCC3)C1O)CC1C#CC(c3ccccc3)c3cc(O)c(OC)cc3CCC(=O)C(O)C(=O)C1C2. The van der Waals surface area contributed by atoms with Crippen molar-refractivity contribution in [2.45, 2.75) is 139 Å². The van der Waals surface area contributed by atoms with E-state index in [1.54, 1.807) is 12.1 Å². The number of allylic oxidation sites excluding steroid dienone is 2. The van der Waals surface area contributed by atoms with Crippen molar-refractivity contribution >= 4 is 28.0 Å². The van der Waals surface area contributed by atoms with E-state index in [0.29, 0.717) is 45.3 Å².